The van der Waals surface area contributed by atoms with Crippen LogP contribution in [0.2, 0.25) is 0 Å². The van der Waals surface area contributed by atoms with Crippen LogP contribution in [0, 0.1) is 0 Å². The van der Waals surface area contributed by atoms with Crippen LogP contribution in [0.5, 0.6) is 0 Å². The third-order valence-electron chi connectivity index (χ3n) is 2.01. The van der Waals surface area contributed by atoms with Crippen molar-refractivity contribution in [1.29, 1.82) is 0 Å². The molecule has 0 fully saturated rings. The fourth-order valence-corrected chi connectivity index (χ4v) is 1.20. The summed E-state index contributed by atoms with van der Waals surface area (Å²) in [5.74, 6) is -0.787. The third-order valence-corrected chi connectivity index (χ3v) is 2.01. The fraction of sp³-hybridized carbons (Fsp3) is 0.0909. The van der Waals surface area contributed by atoms with Crippen molar-refractivity contribution >= 4 is 17.6 Å². The van der Waals surface area contributed by atoms with Gasteiger partial charge in [0, 0.05) is 12.4 Å². The van der Waals surface area contributed by atoms with Gasteiger partial charge in [0.1, 0.15) is 5.76 Å². The molecule has 0 bridgehead atoms. The second-order valence-corrected chi connectivity index (χ2v) is 3.31. The summed E-state index contributed by atoms with van der Waals surface area (Å²) in [5, 5.41) is 4.73. The van der Waals surface area contributed by atoms with Crippen LogP contribution in [0.1, 0.15) is 5.76 Å². The maximum atomic E-state index is 11.5. The predicted octanol–water partition coefficient (Wildman–Crippen LogP) is 0.324. The lowest BCUT2D eigenvalue weighted by atomic mass is 10.4. The number of hydrogen-bond acceptors (Lipinski definition) is 5. The third kappa shape index (κ3) is 3.14. The highest BCUT2D eigenvalue weighted by molar-refractivity contribution is 6.39. The van der Waals surface area contributed by atoms with Crippen LogP contribution in [0.4, 0.5) is 5.82 Å². The number of nitrogens with one attached hydrogen (secondary N) is 2. The molecule has 0 aliphatic rings. The van der Waals surface area contributed by atoms with Crippen molar-refractivity contribution in [2.45, 2.75) is 6.54 Å². The predicted molar refractivity (Wildman–Crippen MR) is 61.2 cm³/mol. The lowest BCUT2D eigenvalue weighted by Gasteiger charge is -2.03. The number of nitrogens with zero attached hydrogens (tertiary/aromatic N) is 2. The molecule has 2 aromatic heterocycles. The summed E-state index contributed by atoms with van der Waals surface area (Å²) in [6, 6.07) is 3.39. The molecular weight excluding hydrogens is 236 g/mol. The number of carbonyl (C=O) groups excluding carboxylic acids is 2. The van der Waals surface area contributed by atoms with Gasteiger partial charge in [-0.2, -0.15) is 0 Å². The Morgan fingerprint density at radius 2 is 2.17 bits per heavy atom. The molecule has 2 rings (SSSR count). The van der Waals surface area contributed by atoms with Gasteiger partial charge >= 0.3 is 11.8 Å². The molecule has 0 saturated heterocycles. The number of furan rings is 1. The molecule has 0 aromatic carbocycles. The van der Waals surface area contributed by atoms with E-state index in [1.54, 1.807) is 12.1 Å². The standard InChI is InChI=1S/C11H10N4O3/c16-10(14-6-8-2-1-5-18-8)11(17)15-9-7-12-3-4-13-9/h1-5,7H,6H2,(H,14,16)(H,13,15,17). The molecule has 7 heteroatoms. The second kappa shape index (κ2) is 5.58. The molecule has 7 nitrogen and oxygen atoms in total. The Hall–Kier alpha value is -2.70. The van der Waals surface area contributed by atoms with Crippen molar-refractivity contribution in [2.24, 2.45) is 0 Å². The minimum atomic E-state index is -0.804. The highest BCUT2D eigenvalue weighted by Crippen LogP contribution is 1.99. The number of carbonyl (C=O) groups is 2. The first-order valence-corrected chi connectivity index (χ1v) is 5.13. The Balaban J connectivity index is 1.84. The summed E-state index contributed by atoms with van der Waals surface area (Å²) >= 11 is 0. The van der Waals surface area contributed by atoms with E-state index in [0.29, 0.717) is 5.76 Å². The second-order valence-electron chi connectivity index (χ2n) is 3.31. The Morgan fingerprint density at radius 1 is 1.28 bits per heavy atom. The molecule has 0 radical (unpaired) electrons. The monoisotopic (exact) mass is 246 g/mol. The maximum Gasteiger partial charge on any atom is 0.314 e. The van der Waals surface area contributed by atoms with E-state index in [0.717, 1.165) is 0 Å². The van der Waals surface area contributed by atoms with Gasteiger partial charge in [0.25, 0.3) is 0 Å². The van der Waals surface area contributed by atoms with E-state index in [1.165, 1.54) is 24.9 Å². The first-order chi connectivity index (χ1) is 8.75. The van der Waals surface area contributed by atoms with Gasteiger partial charge in [-0.15, -0.1) is 0 Å². The van der Waals surface area contributed by atoms with Crippen LogP contribution in [-0.4, -0.2) is 21.8 Å². The quantitative estimate of drug-likeness (QED) is 0.760. The molecular formula is C11H10N4O3. The van der Waals surface area contributed by atoms with Crippen LogP contribution in [0.25, 0.3) is 0 Å². The summed E-state index contributed by atoms with van der Waals surface area (Å²) in [5.41, 5.74) is 0. The normalized spacial score (nSPS) is 9.78. The van der Waals surface area contributed by atoms with Gasteiger partial charge in [0.15, 0.2) is 5.82 Å². The molecule has 2 aromatic rings. The minimum absolute atomic E-state index is 0.153. The lowest BCUT2D eigenvalue weighted by Crippen LogP contribution is -2.35. The van der Waals surface area contributed by atoms with E-state index < -0.39 is 11.8 Å². The summed E-state index contributed by atoms with van der Waals surface area (Å²) in [7, 11) is 0. The van der Waals surface area contributed by atoms with Crippen molar-refractivity contribution in [3.63, 3.8) is 0 Å². The zero-order valence-corrected chi connectivity index (χ0v) is 9.29. The fourth-order valence-electron chi connectivity index (χ4n) is 1.20. The van der Waals surface area contributed by atoms with E-state index >= 15 is 0 Å². The van der Waals surface area contributed by atoms with Gasteiger partial charge < -0.3 is 15.1 Å². The van der Waals surface area contributed by atoms with Crippen molar-refractivity contribution in [2.75, 3.05) is 5.32 Å². The molecule has 0 spiro atoms. The average Bonchev–Trinajstić information content (AvgIpc) is 2.90. The molecule has 92 valence electrons. The van der Waals surface area contributed by atoms with Crippen molar-refractivity contribution in [3.8, 4) is 0 Å². The molecule has 2 heterocycles. The van der Waals surface area contributed by atoms with Crippen molar-refractivity contribution in [1.82, 2.24) is 15.3 Å². The first-order valence-electron chi connectivity index (χ1n) is 5.13. The van der Waals surface area contributed by atoms with E-state index in [4.69, 9.17) is 4.42 Å². The van der Waals surface area contributed by atoms with Gasteiger partial charge in [-0.05, 0) is 12.1 Å². The number of aromatic nitrogens is 2. The largest absolute Gasteiger partial charge is 0.467 e. The van der Waals surface area contributed by atoms with Gasteiger partial charge in [-0.25, -0.2) is 4.98 Å². The maximum absolute atomic E-state index is 11.5. The molecule has 0 aliphatic heterocycles. The number of amides is 2. The van der Waals surface area contributed by atoms with Crippen LogP contribution < -0.4 is 10.6 Å². The molecule has 0 atom stereocenters. The van der Waals surface area contributed by atoms with Crippen LogP contribution >= 0.6 is 0 Å². The first kappa shape index (κ1) is 11.8. The molecule has 0 aliphatic carbocycles. The SMILES string of the molecule is O=C(NCc1ccco1)C(=O)Nc1cnccn1. The van der Waals surface area contributed by atoms with Crippen LogP contribution in [0.15, 0.2) is 41.4 Å². The molecule has 18 heavy (non-hydrogen) atoms. The van der Waals surface area contributed by atoms with E-state index in [-0.39, 0.29) is 12.4 Å². The van der Waals surface area contributed by atoms with E-state index in [2.05, 4.69) is 20.6 Å². The van der Waals surface area contributed by atoms with Gasteiger partial charge in [-0.1, -0.05) is 0 Å². The Labute approximate surface area is 102 Å². The lowest BCUT2D eigenvalue weighted by molar-refractivity contribution is -0.136. The summed E-state index contributed by atoms with van der Waals surface area (Å²) in [6.45, 7) is 0.153. The Kier molecular flexibility index (Phi) is 3.65. The Morgan fingerprint density at radius 3 is 2.83 bits per heavy atom. The highest BCUT2D eigenvalue weighted by atomic mass is 16.3. The van der Waals surface area contributed by atoms with Crippen molar-refractivity contribution < 1.29 is 14.0 Å². The van der Waals surface area contributed by atoms with E-state index in [1.807, 2.05) is 0 Å². The number of rotatable bonds is 3. The van der Waals surface area contributed by atoms with Crippen molar-refractivity contribution in [3.05, 3.63) is 42.7 Å². The minimum Gasteiger partial charge on any atom is -0.467 e. The summed E-state index contributed by atoms with van der Waals surface area (Å²) in [4.78, 5) is 30.5. The number of anilines is 1. The molecule has 2 N–H and O–H groups in total. The average molecular weight is 246 g/mol. The van der Waals surface area contributed by atoms with Crippen LogP contribution in [0.3, 0.4) is 0 Å². The van der Waals surface area contributed by atoms with Gasteiger partial charge in [0.05, 0.1) is 19.0 Å². The zero-order chi connectivity index (χ0) is 12.8. The van der Waals surface area contributed by atoms with E-state index in [9.17, 15) is 9.59 Å². The molecule has 0 unspecified atom stereocenters. The van der Waals surface area contributed by atoms with Crippen LogP contribution in [-0.2, 0) is 16.1 Å². The molecule has 2 amide bonds. The molecule has 0 saturated carbocycles. The Bertz CT molecular complexity index is 524. The summed E-state index contributed by atoms with van der Waals surface area (Å²) in [6.07, 6.45) is 5.71. The highest BCUT2D eigenvalue weighted by Gasteiger charge is 2.14. The zero-order valence-electron chi connectivity index (χ0n) is 9.29. The summed E-state index contributed by atoms with van der Waals surface area (Å²) < 4.78 is 5.01. The van der Waals surface area contributed by atoms with Gasteiger partial charge in [0.2, 0.25) is 0 Å². The van der Waals surface area contributed by atoms with Gasteiger partial charge in [-0.3, -0.25) is 14.6 Å². The number of hydrogen-bond donors (Lipinski definition) is 2. The topological polar surface area (TPSA) is 97.1 Å². The smallest absolute Gasteiger partial charge is 0.314 e.